The Bertz CT molecular complexity index is 970. The van der Waals surface area contributed by atoms with Crippen LogP contribution in [-0.4, -0.2) is 69.7 Å². The van der Waals surface area contributed by atoms with E-state index in [2.05, 4.69) is 10.3 Å². The van der Waals surface area contributed by atoms with Crippen molar-refractivity contribution in [1.29, 1.82) is 0 Å². The van der Waals surface area contributed by atoms with Crippen LogP contribution in [0.2, 0.25) is 0 Å². The summed E-state index contributed by atoms with van der Waals surface area (Å²) in [5.74, 6) is 1.72. The molecule has 158 valence electrons. The lowest BCUT2D eigenvalue weighted by atomic mass is 9.64. The highest BCUT2D eigenvalue weighted by molar-refractivity contribution is 7.92. The van der Waals surface area contributed by atoms with E-state index in [9.17, 15) is 9.35 Å². The monoisotopic (exact) mass is 448 g/mol. The van der Waals surface area contributed by atoms with Crippen molar-refractivity contribution in [3.05, 3.63) is 22.3 Å². The SMILES string of the molecule is O=C(OC1CN(c2nc3c(c(NC4CC5(COC5)C4)n2)[S+](O)CC3)C1)c1cscn1. The van der Waals surface area contributed by atoms with Crippen LogP contribution in [0.3, 0.4) is 0 Å². The molecule has 1 unspecified atom stereocenters. The average molecular weight is 449 g/mol. The van der Waals surface area contributed by atoms with Gasteiger partial charge in [-0.05, 0) is 12.8 Å². The summed E-state index contributed by atoms with van der Waals surface area (Å²) in [6.07, 6.45) is 2.74. The first-order chi connectivity index (χ1) is 14.6. The highest BCUT2D eigenvalue weighted by Crippen LogP contribution is 2.48. The Morgan fingerprint density at radius 2 is 2.20 bits per heavy atom. The van der Waals surface area contributed by atoms with Crippen LogP contribution in [0.1, 0.15) is 29.0 Å². The van der Waals surface area contributed by atoms with Gasteiger partial charge in [0, 0.05) is 23.3 Å². The topological polar surface area (TPSA) is 110 Å². The third kappa shape index (κ3) is 3.15. The van der Waals surface area contributed by atoms with Crippen LogP contribution in [0, 0.1) is 5.41 Å². The number of rotatable bonds is 5. The number of anilines is 2. The van der Waals surface area contributed by atoms with Crippen molar-refractivity contribution in [2.75, 3.05) is 42.3 Å². The zero-order chi connectivity index (χ0) is 20.3. The van der Waals surface area contributed by atoms with Crippen molar-refractivity contribution in [3.8, 4) is 0 Å². The van der Waals surface area contributed by atoms with E-state index in [4.69, 9.17) is 19.4 Å². The Hall–Kier alpha value is -1.95. The van der Waals surface area contributed by atoms with Crippen molar-refractivity contribution in [1.82, 2.24) is 15.0 Å². The van der Waals surface area contributed by atoms with Crippen molar-refractivity contribution in [2.24, 2.45) is 5.41 Å². The van der Waals surface area contributed by atoms with Gasteiger partial charge >= 0.3 is 5.97 Å². The number of aryl methyl sites for hydroxylation is 1. The first-order valence-corrected chi connectivity index (χ1v) is 12.4. The lowest BCUT2D eigenvalue weighted by Gasteiger charge is -2.53. The molecule has 0 amide bonds. The molecule has 6 rings (SSSR count). The van der Waals surface area contributed by atoms with Gasteiger partial charge in [0.2, 0.25) is 5.95 Å². The molecule has 0 aromatic carbocycles. The molecule has 1 spiro atoms. The highest BCUT2D eigenvalue weighted by atomic mass is 32.2. The molecule has 5 heterocycles. The van der Waals surface area contributed by atoms with Crippen LogP contribution in [0.4, 0.5) is 11.8 Å². The van der Waals surface area contributed by atoms with Crippen molar-refractivity contribution in [3.63, 3.8) is 0 Å². The summed E-state index contributed by atoms with van der Waals surface area (Å²) in [5.41, 5.74) is 3.26. The minimum Gasteiger partial charge on any atom is -0.454 e. The molecule has 0 radical (unpaired) electrons. The lowest BCUT2D eigenvalue weighted by Crippen LogP contribution is -2.56. The number of esters is 1. The second-order valence-electron chi connectivity index (χ2n) is 8.52. The Kier molecular flexibility index (Phi) is 4.41. The molecule has 9 nitrogen and oxygen atoms in total. The summed E-state index contributed by atoms with van der Waals surface area (Å²) in [5, 5.41) is 5.25. The molecule has 1 aliphatic carbocycles. The second kappa shape index (κ2) is 7.04. The smallest absolute Gasteiger partial charge is 0.358 e. The third-order valence-corrected chi connectivity index (χ3v) is 8.33. The molecule has 2 aromatic rings. The van der Waals surface area contributed by atoms with Crippen LogP contribution < -0.4 is 10.2 Å². The number of hydrogen-bond acceptors (Lipinski definition) is 10. The van der Waals surface area contributed by atoms with Crippen molar-refractivity contribution >= 4 is 40.2 Å². The summed E-state index contributed by atoms with van der Waals surface area (Å²) in [6, 6.07) is 0.363. The summed E-state index contributed by atoms with van der Waals surface area (Å²) < 4.78 is 21.3. The summed E-state index contributed by atoms with van der Waals surface area (Å²) in [7, 11) is 0. The van der Waals surface area contributed by atoms with Crippen molar-refractivity contribution < 1.29 is 18.8 Å². The Balaban J connectivity index is 1.14. The summed E-state index contributed by atoms with van der Waals surface area (Å²) in [4.78, 5) is 28.4. The fourth-order valence-electron chi connectivity index (χ4n) is 4.54. The van der Waals surface area contributed by atoms with E-state index in [1.807, 2.05) is 4.90 Å². The van der Waals surface area contributed by atoms with Crippen LogP contribution >= 0.6 is 11.3 Å². The second-order valence-corrected chi connectivity index (χ2v) is 10.8. The Morgan fingerprint density at radius 1 is 1.37 bits per heavy atom. The van der Waals surface area contributed by atoms with E-state index >= 15 is 0 Å². The highest BCUT2D eigenvalue weighted by Gasteiger charge is 2.51. The number of fused-ring (bicyclic) bond motifs is 1. The van der Waals surface area contributed by atoms with Crippen LogP contribution in [0.15, 0.2) is 15.8 Å². The summed E-state index contributed by atoms with van der Waals surface area (Å²) >= 11 is 0.567. The number of thiazole rings is 1. The molecule has 3 aliphatic heterocycles. The molecule has 3 fully saturated rings. The minimum absolute atomic E-state index is 0.190. The van der Waals surface area contributed by atoms with E-state index in [1.165, 1.54) is 11.3 Å². The number of aromatic nitrogens is 3. The van der Waals surface area contributed by atoms with Gasteiger partial charge in [-0.3, -0.25) is 0 Å². The van der Waals surface area contributed by atoms with E-state index < -0.39 is 11.2 Å². The van der Waals surface area contributed by atoms with Crippen LogP contribution in [0.5, 0.6) is 0 Å². The fourth-order valence-corrected chi connectivity index (χ4v) is 6.40. The quantitative estimate of drug-likeness (QED) is 0.520. The molecule has 1 saturated carbocycles. The predicted octanol–water partition coefficient (Wildman–Crippen LogP) is 1.58. The first-order valence-electron chi connectivity index (χ1n) is 10.1. The fraction of sp³-hybridized carbons (Fsp3) is 0.579. The predicted molar refractivity (Wildman–Crippen MR) is 112 cm³/mol. The molecule has 0 bridgehead atoms. The third-order valence-electron chi connectivity index (χ3n) is 6.25. The first kappa shape index (κ1) is 18.8. The van der Waals surface area contributed by atoms with Crippen molar-refractivity contribution in [2.45, 2.75) is 36.3 Å². The molecule has 2 saturated heterocycles. The van der Waals surface area contributed by atoms with E-state index in [1.54, 1.807) is 10.9 Å². The normalized spacial score (nSPS) is 24.7. The van der Waals surface area contributed by atoms with Gasteiger partial charge in [-0.25, -0.2) is 14.8 Å². The number of ether oxygens (including phenoxy) is 2. The lowest BCUT2D eigenvalue weighted by molar-refractivity contribution is -0.159. The maximum absolute atomic E-state index is 12.1. The van der Waals surface area contributed by atoms with E-state index in [-0.39, 0.29) is 12.1 Å². The summed E-state index contributed by atoms with van der Waals surface area (Å²) in [6.45, 7) is 2.83. The van der Waals surface area contributed by atoms with Gasteiger partial charge in [-0.1, -0.05) is 0 Å². The zero-order valence-corrected chi connectivity index (χ0v) is 17.9. The van der Waals surface area contributed by atoms with Crippen LogP contribution in [0.25, 0.3) is 0 Å². The van der Waals surface area contributed by atoms with E-state index in [0.717, 1.165) is 48.9 Å². The van der Waals surface area contributed by atoms with Gasteiger partial charge in [-0.15, -0.1) is 11.3 Å². The van der Waals surface area contributed by atoms with Gasteiger partial charge in [0.1, 0.15) is 11.8 Å². The standard InChI is InChI=1S/C19H22N5O4S2/c25-17(14-7-29-10-20-14)28-12-5-24(6-12)18-22-13-1-2-30(26)15(13)16(23-18)21-11-3-19(4-11)8-27-9-19/h7,10-12,26H,1-6,8-9H2,(H,21,22,23)/q+1. The van der Waals surface area contributed by atoms with Crippen LogP contribution in [-0.2, 0) is 27.1 Å². The number of nitrogens with zero attached hydrogens (tertiary/aromatic N) is 4. The number of hydrogen-bond donors (Lipinski definition) is 2. The molecule has 30 heavy (non-hydrogen) atoms. The van der Waals surface area contributed by atoms with Gasteiger partial charge in [0.05, 0.1) is 31.8 Å². The molecule has 4 aliphatic rings. The molecular formula is C19H22N5O4S2+. The van der Waals surface area contributed by atoms with Gasteiger partial charge in [-0.2, -0.15) is 9.54 Å². The Labute approximate surface area is 180 Å². The molecule has 2 N–H and O–H groups in total. The molecule has 2 aromatic heterocycles. The maximum atomic E-state index is 12.1. The van der Waals surface area contributed by atoms with Gasteiger partial charge in [0.15, 0.2) is 28.4 Å². The minimum atomic E-state index is -0.804. The van der Waals surface area contributed by atoms with Gasteiger partial charge in [0.25, 0.3) is 4.90 Å². The number of nitrogens with one attached hydrogen (secondary N) is 1. The number of carbonyl (C=O) groups excluding carboxylic acids is 1. The molecular weight excluding hydrogens is 426 g/mol. The molecule has 1 atom stereocenters. The average Bonchev–Trinajstić information content (AvgIpc) is 3.29. The Morgan fingerprint density at radius 3 is 2.90 bits per heavy atom. The molecule has 11 heteroatoms. The largest absolute Gasteiger partial charge is 0.454 e. The maximum Gasteiger partial charge on any atom is 0.358 e. The van der Waals surface area contributed by atoms with Gasteiger partial charge < -0.3 is 19.7 Å². The number of carbonyl (C=O) groups is 1. The van der Waals surface area contributed by atoms with E-state index in [0.29, 0.717) is 41.9 Å². The zero-order valence-electron chi connectivity index (χ0n) is 16.2.